The van der Waals surface area contributed by atoms with Crippen LogP contribution in [-0.4, -0.2) is 37.8 Å². The van der Waals surface area contributed by atoms with E-state index in [0.29, 0.717) is 0 Å². The molecule has 7 nitrogen and oxygen atoms in total. The molecule has 1 aromatic heterocycles. The molecule has 22 heavy (non-hydrogen) atoms. The maximum atomic E-state index is 11.7. The van der Waals surface area contributed by atoms with Crippen LogP contribution in [0.25, 0.3) is 0 Å². The molecule has 1 unspecified atom stereocenters. The van der Waals surface area contributed by atoms with Crippen molar-refractivity contribution in [2.24, 2.45) is 0 Å². The molecular weight excluding hydrogens is 282 g/mol. The highest BCUT2D eigenvalue weighted by molar-refractivity contribution is 5.75. The molecule has 118 valence electrons. The first kappa shape index (κ1) is 16.1. The highest BCUT2D eigenvalue weighted by Gasteiger charge is 2.15. The van der Waals surface area contributed by atoms with E-state index in [-0.39, 0.29) is 24.4 Å². The first-order valence-corrected chi connectivity index (χ1v) is 7.12. The molecule has 0 aliphatic heterocycles. The molecule has 1 aromatic carbocycles. The van der Waals surface area contributed by atoms with Crippen molar-refractivity contribution in [1.29, 1.82) is 0 Å². The first-order chi connectivity index (χ1) is 10.4. The average molecular weight is 303 g/mol. The van der Waals surface area contributed by atoms with Crippen LogP contribution in [0.15, 0.2) is 30.6 Å². The van der Waals surface area contributed by atoms with E-state index in [2.05, 4.69) is 41.6 Å². The first-order valence-electron chi connectivity index (χ1n) is 7.12. The van der Waals surface area contributed by atoms with Gasteiger partial charge in [0.2, 0.25) is 5.91 Å². The van der Waals surface area contributed by atoms with E-state index in [4.69, 9.17) is 0 Å². The van der Waals surface area contributed by atoms with Crippen LogP contribution in [0.2, 0.25) is 0 Å². The molecule has 7 heteroatoms. The smallest absolute Gasteiger partial charge is 0.241 e. The van der Waals surface area contributed by atoms with Crippen LogP contribution in [0.3, 0.4) is 0 Å². The number of rotatable bonds is 5. The molecule has 0 fully saturated rings. The zero-order valence-electron chi connectivity index (χ0n) is 13.0. The quantitative estimate of drug-likeness (QED) is 0.853. The zero-order valence-corrected chi connectivity index (χ0v) is 13.0. The van der Waals surface area contributed by atoms with Gasteiger partial charge in [0.25, 0.3) is 0 Å². The molecule has 2 aromatic rings. The minimum atomic E-state index is -0.744. The Morgan fingerprint density at radius 2 is 2.00 bits per heavy atom. The van der Waals surface area contributed by atoms with Gasteiger partial charge in [0, 0.05) is 6.54 Å². The minimum Gasteiger partial charge on any atom is -0.387 e. The second-order valence-electron chi connectivity index (χ2n) is 6.20. The van der Waals surface area contributed by atoms with Gasteiger partial charge in [-0.1, -0.05) is 45.0 Å². The van der Waals surface area contributed by atoms with Crippen LogP contribution in [-0.2, 0) is 16.8 Å². The molecule has 2 N–H and O–H groups in total. The molecular formula is C15H21N5O2. The summed E-state index contributed by atoms with van der Waals surface area (Å²) in [6, 6.07) is 7.78. The third kappa shape index (κ3) is 4.36. The molecule has 0 aliphatic rings. The molecule has 0 radical (unpaired) electrons. The number of nitrogens with one attached hydrogen (secondary N) is 1. The maximum Gasteiger partial charge on any atom is 0.241 e. The van der Waals surface area contributed by atoms with Crippen LogP contribution in [0.4, 0.5) is 0 Å². The number of aliphatic hydroxyl groups excluding tert-OH is 1. The second-order valence-corrected chi connectivity index (χ2v) is 6.20. The fourth-order valence-electron chi connectivity index (χ4n) is 1.99. The Hall–Kier alpha value is -2.28. The fraction of sp³-hybridized carbons (Fsp3) is 0.467. The molecule has 1 heterocycles. The Morgan fingerprint density at radius 1 is 1.32 bits per heavy atom. The molecule has 0 saturated carbocycles. The predicted octanol–water partition coefficient (Wildman–Crippen LogP) is 0.820. The van der Waals surface area contributed by atoms with E-state index < -0.39 is 6.10 Å². The largest absolute Gasteiger partial charge is 0.387 e. The molecule has 0 spiro atoms. The third-order valence-electron chi connectivity index (χ3n) is 3.35. The minimum absolute atomic E-state index is 0.0304. The number of benzene rings is 1. The van der Waals surface area contributed by atoms with Gasteiger partial charge in [-0.3, -0.25) is 4.79 Å². The predicted molar refractivity (Wildman–Crippen MR) is 80.9 cm³/mol. The van der Waals surface area contributed by atoms with Gasteiger partial charge in [-0.05, 0) is 27.0 Å². The Labute approximate surface area is 129 Å². The Balaban J connectivity index is 1.86. The van der Waals surface area contributed by atoms with Crippen molar-refractivity contribution < 1.29 is 9.90 Å². The Morgan fingerprint density at radius 3 is 2.55 bits per heavy atom. The normalized spacial score (nSPS) is 12.9. The second kappa shape index (κ2) is 6.65. The summed E-state index contributed by atoms with van der Waals surface area (Å²) in [6.07, 6.45) is 0.619. The summed E-state index contributed by atoms with van der Waals surface area (Å²) in [5.41, 5.74) is 2.05. The highest BCUT2D eigenvalue weighted by Crippen LogP contribution is 2.23. The summed E-state index contributed by atoms with van der Waals surface area (Å²) >= 11 is 0. The number of nitrogens with zero attached hydrogens (tertiary/aromatic N) is 4. The third-order valence-corrected chi connectivity index (χ3v) is 3.35. The Kier molecular flexibility index (Phi) is 4.87. The number of hydrogen-bond donors (Lipinski definition) is 2. The lowest BCUT2D eigenvalue weighted by atomic mass is 9.86. The van der Waals surface area contributed by atoms with E-state index in [0.717, 1.165) is 5.56 Å². The van der Waals surface area contributed by atoms with Gasteiger partial charge in [-0.25, -0.2) is 4.68 Å². The summed E-state index contributed by atoms with van der Waals surface area (Å²) in [6.45, 7) is 6.59. The molecule has 0 saturated heterocycles. The summed E-state index contributed by atoms with van der Waals surface area (Å²) in [5, 5.41) is 23.3. The van der Waals surface area contributed by atoms with Crippen molar-refractivity contribution in [3.05, 3.63) is 41.7 Å². The number of hydrogen-bond acceptors (Lipinski definition) is 5. The van der Waals surface area contributed by atoms with Gasteiger partial charge < -0.3 is 10.4 Å². The van der Waals surface area contributed by atoms with Crippen molar-refractivity contribution in [2.45, 2.75) is 38.8 Å². The lowest BCUT2D eigenvalue weighted by Gasteiger charge is -2.20. The number of tetrazole rings is 1. The van der Waals surface area contributed by atoms with E-state index >= 15 is 0 Å². The van der Waals surface area contributed by atoms with Crippen LogP contribution in [0, 0.1) is 0 Å². The summed E-state index contributed by atoms with van der Waals surface area (Å²) in [4.78, 5) is 11.7. The summed E-state index contributed by atoms with van der Waals surface area (Å²) < 4.78 is 1.32. The SMILES string of the molecule is CC(C)(C)c1ccc(C(O)CNC(=O)Cn2cnnn2)cc1. The molecule has 0 aliphatic carbocycles. The van der Waals surface area contributed by atoms with Crippen molar-refractivity contribution in [3.63, 3.8) is 0 Å². The van der Waals surface area contributed by atoms with Gasteiger partial charge >= 0.3 is 0 Å². The van der Waals surface area contributed by atoms with E-state index in [1.165, 1.54) is 16.6 Å². The van der Waals surface area contributed by atoms with E-state index in [1.807, 2.05) is 24.3 Å². The Bertz CT molecular complexity index is 602. The van der Waals surface area contributed by atoms with Gasteiger partial charge in [-0.2, -0.15) is 0 Å². The fourth-order valence-corrected chi connectivity index (χ4v) is 1.99. The van der Waals surface area contributed by atoms with Gasteiger partial charge in [-0.15, -0.1) is 5.10 Å². The van der Waals surface area contributed by atoms with Crippen molar-refractivity contribution in [3.8, 4) is 0 Å². The molecule has 1 atom stereocenters. The number of aromatic nitrogens is 4. The van der Waals surface area contributed by atoms with Crippen LogP contribution < -0.4 is 5.32 Å². The maximum absolute atomic E-state index is 11.7. The van der Waals surface area contributed by atoms with Gasteiger partial charge in [0.05, 0.1) is 6.10 Å². The van der Waals surface area contributed by atoms with Crippen LogP contribution in [0.1, 0.15) is 38.0 Å². The van der Waals surface area contributed by atoms with Gasteiger partial charge in [0.15, 0.2) is 0 Å². The number of carbonyl (C=O) groups excluding carboxylic acids is 1. The number of amides is 1. The number of aliphatic hydroxyl groups is 1. The van der Waals surface area contributed by atoms with Crippen molar-refractivity contribution in [1.82, 2.24) is 25.5 Å². The standard InChI is InChI=1S/C15H21N5O2/c1-15(2,3)12-6-4-11(5-7-12)13(21)8-16-14(22)9-20-10-17-18-19-20/h4-7,10,13,21H,8-9H2,1-3H3,(H,16,22). The molecule has 0 bridgehead atoms. The summed E-state index contributed by atoms with van der Waals surface area (Å²) in [5.74, 6) is -0.252. The van der Waals surface area contributed by atoms with Crippen LogP contribution in [0.5, 0.6) is 0 Å². The molecule has 1 amide bonds. The summed E-state index contributed by atoms with van der Waals surface area (Å²) in [7, 11) is 0. The monoisotopic (exact) mass is 303 g/mol. The van der Waals surface area contributed by atoms with Gasteiger partial charge in [0.1, 0.15) is 12.9 Å². The number of carbonyl (C=O) groups is 1. The van der Waals surface area contributed by atoms with E-state index in [9.17, 15) is 9.90 Å². The van der Waals surface area contributed by atoms with Crippen molar-refractivity contribution in [2.75, 3.05) is 6.54 Å². The van der Waals surface area contributed by atoms with Crippen molar-refractivity contribution >= 4 is 5.91 Å². The topological polar surface area (TPSA) is 92.9 Å². The highest BCUT2D eigenvalue weighted by atomic mass is 16.3. The van der Waals surface area contributed by atoms with Crippen LogP contribution >= 0.6 is 0 Å². The average Bonchev–Trinajstić information content (AvgIpc) is 2.97. The zero-order chi connectivity index (χ0) is 16.2. The molecule has 2 rings (SSSR count). The van der Waals surface area contributed by atoms with E-state index in [1.54, 1.807) is 0 Å². The lowest BCUT2D eigenvalue weighted by molar-refractivity contribution is -0.122. The lowest BCUT2D eigenvalue weighted by Crippen LogP contribution is -2.31.